The van der Waals surface area contributed by atoms with Gasteiger partial charge in [-0.05, 0) is 58.7 Å². The first-order chi connectivity index (χ1) is 12.4. The smallest absolute Gasteiger partial charge is 0.246 e. The normalized spacial score (nSPS) is 23.5. The van der Waals surface area contributed by atoms with Gasteiger partial charge in [0, 0.05) is 16.9 Å². The molecule has 1 saturated carbocycles. The molecule has 6 heteroatoms. The highest BCUT2D eigenvalue weighted by Gasteiger charge is 2.31. The summed E-state index contributed by atoms with van der Waals surface area (Å²) in [6.45, 7) is 7.31. The lowest BCUT2D eigenvalue weighted by Gasteiger charge is -2.37. The number of pyridine rings is 1. The Morgan fingerprint density at radius 3 is 2.96 bits per heavy atom. The lowest BCUT2D eigenvalue weighted by atomic mass is 9.75. The molecule has 0 saturated heterocycles. The Morgan fingerprint density at radius 2 is 2.19 bits per heavy atom. The molecule has 3 atom stereocenters. The Kier molecular flexibility index (Phi) is 6.35. The molecule has 1 fully saturated rings. The number of fused-ring (bicyclic) bond motifs is 1. The topological polar surface area (TPSA) is 55.6 Å². The van der Waals surface area contributed by atoms with Crippen LogP contribution in [0, 0.1) is 17.8 Å². The van der Waals surface area contributed by atoms with E-state index in [9.17, 15) is 4.79 Å². The second kappa shape index (κ2) is 8.53. The average molecular weight is 422 g/mol. The van der Waals surface area contributed by atoms with Crippen molar-refractivity contribution < 1.29 is 9.53 Å². The molecule has 3 unspecified atom stereocenters. The van der Waals surface area contributed by atoms with Gasteiger partial charge in [-0.3, -0.25) is 4.79 Å². The first-order valence-corrected chi connectivity index (χ1v) is 10.2. The van der Waals surface area contributed by atoms with Crippen LogP contribution < -0.4 is 5.32 Å². The third kappa shape index (κ3) is 4.86. The van der Waals surface area contributed by atoms with E-state index in [0.717, 1.165) is 22.2 Å². The van der Waals surface area contributed by atoms with E-state index in [0.29, 0.717) is 24.3 Å². The molecular weight excluding hydrogens is 394 g/mol. The minimum atomic E-state index is -0.0797. The van der Waals surface area contributed by atoms with Crippen LogP contribution >= 0.6 is 15.9 Å². The fourth-order valence-electron chi connectivity index (χ4n) is 3.83. The molecule has 2 aromatic heterocycles. The van der Waals surface area contributed by atoms with Gasteiger partial charge in [0.15, 0.2) is 0 Å². The number of nitrogens with one attached hydrogen (secondary N) is 1. The summed E-state index contributed by atoms with van der Waals surface area (Å²) in [7, 11) is 0. The van der Waals surface area contributed by atoms with Crippen molar-refractivity contribution in [3.63, 3.8) is 0 Å². The van der Waals surface area contributed by atoms with Crippen LogP contribution in [0.1, 0.15) is 45.7 Å². The van der Waals surface area contributed by atoms with Crippen molar-refractivity contribution in [3.8, 4) is 0 Å². The van der Waals surface area contributed by atoms with Crippen LogP contribution in [0.15, 0.2) is 29.0 Å². The summed E-state index contributed by atoms with van der Waals surface area (Å²) < 4.78 is 8.94. The first kappa shape index (κ1) is 19.4. The third-order valence-electron chi connectivity index (χ3n) is 5.32. The molecule has 1 amide bonds. The number of amides is 1. The van der Waals surface area contributed by atoms with Crippen molar-refractivity contribution in [2.24, 2.45) is 17.8 Å². The predicted molar refractivity (Wildman–Crippen MR) is 106 cm³/mol. The van der Waals surface area contributed by atoms with E-state index in [1.165, 1.54) is 12.8 Å². The van der Waals surface area contributed by atoms with Crippen molar-refractivity contribution in [2.45, 2.75) is 52.7 Å². The predicted octanol–water partition coefficient (Wildman–Crippen LogP) is 4.19. The molecule has 0 bridgehead atoms. The van der Waals surface area contributed by atoms with Crippen LogP contribution in [0.2, 0.25) is 0 Å². The summed E-state index contributed by atoms with van der Waals surface area (Å²) >= 11 is 3.45. The standard InChI is InChI=1S/C20H28BrN3O2/c1-13(2)17-6-4-14(3)8-18(17)26-12-20(25)22-9-16-11-24-10-15(21)5-7-19(24)23-16/h5,7,10-11,13-14,17-18H,4,6,8-9,12H2,1-3H3,(H,22,25). The van der Waals surface area contributed by atoms with Gasteiger partial charge in [-0.1, -0.05) is 27.2 Å². The number of nitrogens with zero attached hydrogens (tertiary/aromatic N) is 2. The van der Waals surface area contributed by atoms with Crippen molar-refractivity contribution in [2.75, 3.05) is 6.61 Å². The third-order valence-corrected chi connectivity index (χ3v) is 5.79. The number of carbonyl (C=O) groups excluding carboxylic acids is 1. The maximum atomic E-state index is 12.2. The Hall–Kier alpha value is -1.40. The molecule has 0 aromatic carbocycles. The maximum Gasteiger partial charge on any atom is 0.246 e. The van der Waals surface area contributed by atoms with E-state index >= 15 is 0 Å². The molecule has 0 aliphatic heterocycles. The van der Waals surface area contributed by atoms with Gasteiger partial charge in [0.2, 0.25) is 5.91 Å². The molecule has 1 aliphatic rings. The highest BCUT2D eigenvalue weighted by atomic mass is 79.9. The summed E-state index contributed by atoms with van der Waals surface area (Å²) in [5, 5.41) is 2.92. The molecule has 5 nitrogen and oxygen atoms in total. The monoisotopic (exact) mass is 421 g/mol. The molecule has 3 rings (SSSR count). The maximum absolute atomic E-state index is 12.2. The zero-order chi connectivity index (χ0) is 18.7. The zero-order valence-electron chi connectivity index (χ0n) is 15.7. The van der Waals surface area contributed by atoms with E-state index in [2.05, 4.69) is 47.0 Å². The molecule has 1 aliphatic carbocycles. The van der Waals surface area contributed by atoms with Crippen LogP contribution in [0.3, 0.4) is 0 Å². The van der Waals surface area contributed by atoms with E-state index in [1.54, 1.807) is 0 Å². The van der Waals surface area contributed by atoms with Crippen LogP contribution in [0.25, 0.3) is 5.65 Å². The molecule has 1 N–H and O–H groups in total. The van der Waals surface area contributed by atoms with Crippen LogP contribution in [-0.2, 0) is 16.1 Å². The largest absolute Gasteiger partial charge is 0.368 e. The van der Waals surface area contributed by atoms with Gasteiger partial charge in [0.05, 0.1) is 18.3 Å². The molecular formula is C20H28BrN3O2. The Balaban J connectivity index is 1.50. The number of rotatable bonds is 6. The highest BCUT2D eigenvalue weighted by molar-refractivity contribution is 9.10. The fourth-order valence-corrected chi connectivity index (χ4v) is 4.18. The second-order valence-electron chi connectivity index (χ2n) is 7.80. The first-order valence-electron chi connectivity index (χ1n) is 9.44. The number of aromatic nitrogens is 2. The van der Waals surface area contributed by atoms with Crippen LogP contribution in [-0.4, -0.2) is 28.0 Å². The summed E-state index contributed by atoms with van der Waals surface area (Å²) in [6, 6.07) is 3.89. The summed E-state index contributed by atoms with van der Waals surface area (Å²) in [6.07, 6.45) is 7.58. The quantitative estimate of drug-likeness (QED) is 0.760. The summed E-state index contributed by atoms with van der Waals surface area (Å²) in [4.78, 5) is 16.7. The van der Waals surface area contributed by atoms with Gasteiger partial charge in [-0.15, -0.1) is 0 Å². The molecule has 142 valence electrons. The highest BCUT2D eigenvalue weighted by Crippen LogP contribution is 2.35. The van der Waals surface area contributed by atoms with Crippen molar-refractivity contribution in [1.82, 2.24) is 14.7 Å². The molecule has 26 heavy (non-hydrogen) atoms. The fraction of sp³-hybridized carbons (Fsp3) is 0.600. The Morgan fingerprint density at radius 1 is 1.38 bits per heavy atom. The van der Waals surface area contributed by atoms with Crippen molar-refractivity contribution in [1.29, 1.82) is 0 Å². The Bertz CT molecular complexity index is 759. The van der Waals surface area contributed by atoms with Gasteiger partial charge in [-0.25, -0.2) is 4.98 Å². The SMILES string of the molecule is CC1CCC(C(C)C)C(OCC(=O)NCc2cn3cc(Br)ccc3n2)C1. The molecule has 2 heterocycles. The van der Waals surface area contributed by atoms with Gasteiger partial charge in [0.1, 0.15) is 12.3 Å². The number of carbonyl (C=O) groups is 1. The average Bonchev–Trinajstić information content (AvgIpc) is 2.99. The van der Waals surface area contributed by atoms with E-state index < -0.39 is 0 Å². The van der Waals surface area contributed by atoms with Gasteiger partial charge < -0.3 is 14.5 Å². The lowest BCUT2D eigenvalue weighted by molar-refractivity contribution is -0.131. The molecule has 0 radical (unpaired) electrons. The molecule has 2 aromatic rings. The van der Waals surface area contributed by atoms with Crippen LogP contribution in [0.4, 0.5) is 0 Å². The number of imidazole rings is 1. The van der Waals surface area contributed by atoms with Gasteiger partial charge >= 0.3 is 0 Å². The number of hydrogen-bond acceptors (Lipinski definition) is 3. The second-order valence-corrected chi connectivity index (χ2v) is 8.71. The number of hydrogen-bond donors (Lipinski definition) is 1. The minimum Gasteiger partial charge on any atom is -0.368 e. The van der Waals surface area contributed by atoms with Gasteiger partial charge in [0.25, 0.3) is 0 Å². The van der Waals surface area contributed by atoms with Gasteiger partial charge in [-0.2, -0.15) is 0 Å². The van der Waals surface area contributed by atoms with E-state index in [4.69, 9.17) is 4.74 Å². The lowest BCUT2D eigenvalue weighted by Crippen LogP contribution is -2.37. The zero-order valence-corrected chi connectivity index (χ0v) is 17.3. The number of halogens is 1. The minimum absolute atomic E-state index is 0.0797. The van der Waals surface area contributed by atoms with E-state index in [-0.39, 0.29) is 18.6 Å². The number of ether oxygens (including phenoxy) is 1. The molecule has 0 spiro atoms. The summed E-state index contributed by atoms with van der Waals surface area (Å²) in [5.41, 5.74) is 1.70. The summed E-state index contributed by atoms with van der Waals surface area (Å²) in [5.74, 6) is 1.74. The Labute approximate surface area is 163 Å². The van der Waals surface area contributed by atoms with Crippen molar-refractivity contribution >= 4 is 27.5 Å². The van der Waals surface area contributed by atoms with Crippen molar-refractivity contribution in [3.05, 3.63) is 34.7 Å². The van der Waals surface area contributed by atoms with E-state index in [1.807, 2.05) is 28.9 Å². The van der Waals surface area contributed by atoms with Crippen LogP contribution in [0.5, 0.6) is 0 Å².